The summed E-state index contributed by atoms with van der Waals surface area (Å²) in [6.07, 6.45) is 3.01. The molecule has 4 heteroatoms. The zero-order valence-electron chi connectivity index (χ0n) is 6.14. The minimum absolute atomic E-state index is 0.323. The van der Waals surface area contributed by atoms with Crippen LogP contribution in [-0.2, 0) is 0 Å². The Kier molecular flexibility index (Phi) is 1.51. The van der Waals surface area contributed by atoms with Gasteiger partial charge in [-0.15, -0.1) is 0 Å². The predicted octanol–water partition coefficient (Wildman–Crippen LogP) is 0.385. The van der Waals surface area contributed by atoms with Gasteiger partial charge in [0.1, 0.15) is 5.52 Å². The normalized spacial score (nSPS) is 10.0. The summed E-state index contributed by atoms with van der Waals surface area (Å²) in [5.74, 6) is 0. The van der Waals surface area contributed by atoms with Gasteiger partial charge in [-0.25, -0.2) is 4.98 Å². The molecule has 2 heterocycles. The number of hydrogen-bond acceptors (Lipinski definition) is 4. The molecule has 0 saturated heterocycles. The van der Waals surface area contributed by atoms with Crippen LogP contribution >= 0.6 is 0 Å². The number of nitrogens with zero attached hydrogens (tertiary/aromatic N) is 3. The minimum Gasteiger partial charge on any atom is -0.267 e. The molecule has 0 aromatic carbocycles. The monoisotopic (exact) mass is 159 g/mol. The van der Waals surface area contributed by atoms with Crippen molar-refractivity contribution in [2.24, 2.45) is 0 Å². The molecule has 0 N–H and O–H groups in total. The fourth-order valence-electron chi connectivity index (χ4n) is 0.898. The second-order valence-electron chi connectivity index (χ2n) is 2.24. The van der Waals surface area contributed by atoms with Gasteiger partial charge in [-0.3, -0.25) is 9.78 Å². The average Bonchev–Trinajstić information content (AvgIpc) is 2.25. The van der Waals surface area contributed by atoms with Crippen LogP contribution in [0.1, 0.15) is 0 Å². The second kappa shape index (κ2) is 2.65. The molecule has 2 aromatic rings. The molecule has 0 aliphatic heterocycles. The van der Waals surface area contributed by atoms with Crippen molar-refractivity contribution in [1.29, 1.82) is 0 Å². The van der Waals surface area contributed by atoms with Crippen LogP contribution in [-0.4, -0.2) is 15.0 Å². The molecule has 2 rings (SSSR count). The molecule has 0 unspecified atom stereocenters. The molecule has 2 aromatic heterocycles. The lowest BCUT2D eigenvalue weighted by atomic mass is 10.4. The van der Waals surface area contributed by atoms with Crippen molar-refractivity contribution in [3.8, 4) is 0 Å². The highest BCUT2D eigenvalue weighted by molar-refractivity contribution is 5.67. The average molecular weight is 159 g/mol. The predicted molar refractivity (Wildman–Crippen MR) is 43.6 cm³/mol. The summed E-state index contributed by atoms with van der Waals surface area (Å²) >= 11 is 0. The summed E-state index contributed by atoms with van der Waals surface area (Å²) in [7, 11) is 0. The van der Waals surface area contributed by atoms with Gasteiger partial charge in [0.25, 0.3) is 5.56 Å². The Bertz CT molecular complexity index is 469. The Morgan fingerprint density at radius 1 is 1.08 bits per heavy atom. The van der Waals surface area contributed by atoms with E-state index >= 15 is 0 Å². The largest absolute Gasteiger partial charge is 0.273 e. The van der Waals surface area contributed by atoms with Gasteiger partial charge in [0.2, 0.25) is 0 Å². The zero-order chi connectivity index (χ0) is 8.39. The van der Waals surface area contributed by atoms with Crippen LogP contribution < -0.4 is 5.56 Å². The molecule has 4 nitrogen and oxygen atoms in total. The molecule has 0 atom stereocenters. The number of aromatic nitrogens is 3. The van der Waals surface area contributed by atoms with E-state index in [-0.39, 0.29) is 5.56 Å². The van der Waals surface area contributed by atoms with E-state index in [9.17, 15) is 4.79 Å². The zero-order valence-corrected chi connectivity index (χ0v) is 6.14. The van der Waals surface area contributed by atoms with E-state index in [1.165, 1.54) is 12.3 Å². The summed E-state index contributed by atoms with van der Waals surface area (Å²) < 4.78 is 0. The van der Waals surface area contributed by atoms with Crippen molar-refractivity contribution in [2.45, 2.75) is 0 Å². The van der Waals surface area contributed by atoms with E-state index < -0.39 is 0 Å². The molecule has 0 saturated carbocycles. The highest BCUT2D eigenvalue weighted by atomic mass is 16.1. The van der Waals surface area contributed by atoms with Crippen molar-refractivity contribution in [2.75, 3.05) is 0 Å². The highest BCUT2D eigenvalue weighted by Gasteiger charge is 1.92. The van der Waals surface area contributed by atoms with Gasteiger partial charge in [-0.2, -0.15) is 4.98 Å². The van der Waals surface area contributed by atoms with Crippen LogP contribution in [0.4, 0.5) is 0 Å². The SMILES string of the molecule is O=c1ccnc2cccnc2n1. The van der Waals surface area contributed by atoms with Crippen LogP contribution in [0.2, 0.25) is 0 Å². The smallest absolute Gasteiger partial charge is 0.267 e. The van der Waals surface area contributed by atoms with E-state index in [1.807, 2.05) is 0 Å². The van der Waals surface area contributed by atoms with Gasteiger partial charge in [0.05, 0.1) is 0 Å². The lowest BCUT2D eigenvalue weighted by Gasteiger charge is -1.84. The molecule has 0 amide bonds. The lowest BCUT2D eigenvalue weighted by molar-refractivity contribution is 1.25. The third-order valence-corrected chi connectivity index (χ3v) is 1.41. The third-order valence-electron chi connectivity index (χ3n) is 1.41. The summed E-state index contributed by atoms with van der Waals surface area (Å²) in [4.78, 5) is 22.5. The van der Waals surface area contributed by atoms with Gasteiger partial charge in [0, 0.05) is 18.5 Å². The van der Waals surface area contributed by atoms with E-state index in [4.69, 9.17) is 0 Å². The number of pyridine rings is 1. The van der Waals surface area contributed by atoms with Crippen molar-refractivity contribution in [3.05, 3.63) is 40.9 Å². The molecule has 0 bridgehead atoms. The van der Waals surface area contributed by atoms with Crippen LogP contribution in [0, 0.1) is 0 Å². The van der Waals surface area contributed by atoms with Crippen molar-refractivity contribution in [3.63, 3.8) is 0 Å². The van der Waals surface area contributed by atoms with Gasteiger partial charge >= 0.3 is 0 Å². The van der Waals surface area contributed by atoms with Crippen LogP contribution in [0.15, 0.2) is 35.4 Å². The summed E-state index contributed by atoms with van der Waals surface area (Å²) in [5.41, 5.74) is 0.684. The highest BCUT2D eigenvalue weighted by Crippen LogP contribution is 1.98. The Hall–Kier alpha value is -1.84. The first kappa shape index (κ1) is 6.84. The lowest BCUT2D eigenvalue weighted by Crippen LogP contribution is -1.98. The first-order valence-electron chi connectivity index (χ1n) is 3.44. The van der Waals surface area contributed by atoms with Crippen molar-refractivity contribution in [1.82, 2.24) is 15.0 Å². The maximum atomic E-state index is 10.9. The first-order chi connectivity index (χ1) is 5.86. The fourth-order valence-corrected chi connectivity index (χ4v) is 0.898. The standard InChI is InChI=1S/C8H5N3O/c12-7-3-5-9-6-2-1-4-10-8(6)11-7/h1-5H. The molecular weight excluding hydrogens is 154 g/mol. The van der Waals surface area contributed by atoms with Crippen LogP contribution in [0.5, 0.6) is 0 Å². The van der Waals surface area contributed by atoms with Gasteiger partial charge < -0.3 is 0 Å². The van der Waals surface area contributed by atoms with E-state index in [1.54, 1.807) is 18.3 Å². The topological polar surface area (TPSA) is 55.7 Å². The van der Waals surface area contributed by atoms with Crippen molar-refractivity contribution >= 4 is 11.2 Å². The first-order valence-corrected chi connectivity index (χ1v) is 3.44. The molecule has 58 valence electrons. The molecule has 0 fully saturated rings. The number of fused-ring (bicyclic) bond motifs is 1. The summed E-state index contributed by atoms with van der Waals surface area (Å²) in [6.45, 7) is 0. The van der Waals surface area contributed by atoms with E-state index in [0.29, 0.717) is 11.2 Å². The Morgan fingerprint density at radius 3 is 2.92 bits per heavy atom. The van der Waals surface area contributed by atoms with Crippen molar-refractivity contribution < 1.29 is 0 Å². The summed E-state index contributed by atoms with van der Waals surface area (Å²) in [5, 5.41) is 0. The Labute approximate surface area is 67.9 Å². The number of hydrogen-bond donors (Lipinski definition) is 0. The fraction of sp³-hybridized carbons (Fsp3) is 0. The number of rotatable bonds is 0. The molecular formula is C8H5N3O. The molecule has 12 heavy (non-hydrogen) atoms. The molecule has 0 aliphatic rings. The minimum atomic E-state index is -0.323. The Morgan fingerprint density at radius 2 is 2.00 bits per heavy atom. The maximum Gasteiger partial charge on any atom is 0.273 e. The van der Waals surface area contributed by atoms with Gasteiger partial charge in [0.15, 0.2) is 5.65 Å². The Balaban J connectivity index is 2.98. The van der Waals surface area contributed by atoms with Gasteiger partial charge in [-0.05, 0) is 12.1 Å². The van der Waals surface area contributed by atoms with E-state index in [0.717, 1.165) is 0 Å². The summed E-state index contributed by atoms with van der Waals surface area (Å²) in [6, 6.07) is 4.82. The van der Waals surface area contributed by atoms with E-state index in [2.05, 4.69) is 15.0 Å². The van der Waals surface area contributed by atoms with Crippen LogP contribution in [0.3, 0.4) is 0 Å². The maximum absolute atomic E-state index is 10.9. The molecule has 0 spiro atoms. The quantitative estimate of drug-likeness (QED) is 0.557. The second-order valence-corrected chi connectivity index (χ2v) is 2.24. The van der Waals surface area contributed by atoms with Crippen LogP contribution in [0.25, 0.3) is 11.2 Å². The third kappa shape index (κ3) is 1.14. The molecule has 0 aliphatic carbocycles. The van der Waals surface area contributed by atoms with Gasteiger partial charge in [-0.1, -0.05) is 0 Å². The molecule has 0 radical (unpaired) electrons.